The molecule has 0 saturated carbocycles. The van der Waals surface area contributed by atoms with Gasteiger partial charge in [0, 0.05) is 0 Å². The topological polar surface area (TPSA) is 58.8 Å². The van der Waals surface area contributed by atoms with E-state index in [1.165, 1.54) is 0 Å². The molecule has 0 unspecified atom stereocenters. The van der Waals surface area contributed by atoms with E-state index in [2.05, 4.69) is 14.9 Å². The van der Waals surface area contributed by atoms with Gasteiger partial charge in [0.1, 0.15) is 11.6 Å². The van der Waals surface area contributed by atoms with Crippen LogP contribution < -0.4 is 4.74 Å². The van der Waals surface area contributed by atoms with Gasteiger partial charge in [-0.05, 0) is 18.4 Å². The Morgan fingerprint density at radius 2 is 1.90 bits per heavy atom. The first-order chi connectivity index (χ1) is 9.37. The van der Waals surface area contributed by atoms with Crippen molar-refractivity contribution in [1.82, 2.24) is 10.2 Å². The Morgan fingerprint density at radius 1 is 1.25 bits per heavy atom. The SMILES string of the molecule is CCc1nnc(OCC(F)(F)C(F)F)c(C#N)c1CC. The number of nitriles is 1. The fourth-order valence-electron chi connectivity index (χ4n) is 1.60. The minimum absolute atomic E-state index is 0.0376. The molecule has 0 aliphatic carbocycles. The second-order valence-electron chi connectivity index (χ2n) is 3.97. The summed E-state index contributed by atoms with van der Waals surface area (Å²) in [5.74, 6) is -4.74. The summed E-state index contributed by atoms with van der Waals surface area (Å²) in [6.45, 7) is 2.01. The Bertz CT molecular complexity index is 514. The molecule has 1 heterocycles. The predicted octanol–water partition coefficient (Wildman–Crippen LogP) is 2.75. The van der Waals surface area contributed by atoms with Gasteiger partial charge >= 0.3 is 12.3 Å². The van der Waals surface area contributed by atoms with E-state index in [4.69, 9.17) is 5.26 Å². The Labute approximate surface area is 113 Å². The van der Waals surface area contributed by atoms with Crippen LogP contribution in [0.25, 0.3) is 0 Å². The van der Waals surface area contributed by atoms with Gasteiger partial charge < -0.3 is 4.74 Å². The van der Waals surface area contributed by atoms with Gasteiger partial charge in [-0.3, -0.25) is 0 Å². The lowest BCUT2D eigenvalue weighted by Crippen LogP contribution is -2.34. The number of rotatable bonds is 6. The highest BCUT2D eigenvalue weighted by molar-refractivity contribution is 5.46. The van der Waals surface area contributed by atoms with Crippen LogP contribution in [0.3, 0.4) is 0 Å². The summed E-state index contributed by atoms with van der Waals surface area (Å²) in [5.41, 5.74) is 1.04. The first kappa shape index (κ1) is 16.1. The van der Waals surface area contributed by atoms with Crippen molar-refractivity contribution in [1.29, 1.82) is 5.26 Å². The van der Waals surface area contributed by atoms with E-state index in [1.807, 2.05) is 0 Å². The van der Waals surface area contributed by atoms with Gasteiger partial charge in [-0.15, -0.1) is 5.10 Å². The molecule has 8 heteroatoms. The minimum Gasteiger partial charge on any atom is -0.469 e. The molecule has 1 aromatic heterocycles. The van der Waals surface area contributed by atoms with Crippen LogP contribution in [-0.2, 0) is 12.8 Å². The summed E-state index contributed by atoms with van der Waals surface area (Å²) in [4.78, 5) is 0. The highest BCUT2D eigenvalue weighted by Crippen LogP contribution is 2.26. The lowest BCUT2D eigenvalue weighted by molar-refractivity contribution is -0.148. The lowest BCUT2D eigenvalue weighted by Gasteiger charge is -2.16. The summed E-state index contributed by atoms with van der Waals surface area (Å²) < 4.78 is 54.2. The molecule has 0 aliphatic rings. The van der Waals surface area contributed by atoms with Gasteiger partial charge in [-0.2, -0.15) is 19.1 Å². The number of aryl methyl sites for hydroxylation is 1. The van der Waals surface area contributed by atoms with Gasteiger partial charge in [0.25, 0.3) is 5.88 Å². The monoisotopic (exact) mass is 291 g/mol. The maximum atomic E-state index is 12.8. The molecular weight excluding hydrogens is 278 g/mol. The second kappa shape index (κ2) is 6.50. The van der Waals surface area contributed by atoms with Gasteiger partial charge in [-0.25, -0.2) is 8.78 Å². The van der Waals surface area contributed by atoms with Crippen LogP contribution in [0.2, 0.25) is 0 Å². The molecule has 4 nitrogen and oxygen atoms in total. The maximum Gasteiger partial charge on any atom is 0.340 e. The molecule has 1 rings (SSSR count). The number of halogens is 4. The van der Waals surface area contributed by atoms with E-state index < -0.39 is 24.8 Å². The summed E-state index contributed by atoms with van der Waals surface area (Å²) in [7, 11) is 0. The van der Waals surface area contributed by atoms with Crippen molar-refractivity contribution in [3.8, 4) is 11.9 Å². The molecule has 0 fully saturated rings. The summed E-state index contributed by atoms with van der Waals surface area (Å²) in [6.07, 6.45) is -2.90. The Balaban J connectivity index is 3.06. The molecule has 20 heavy (non-hydrogen) atoms. The molecule has 0 atom stereocenters. The van der Waals surface area contributed by atoms with Gasteiger partial charge in [0.2, 0.25) is 0 Å². The fraction of sp³-hybridized carbons (Fsp3) is 0.583. The number of alkyl halides is 4. The molecule has 0 spiro atoms. The molecule has 0 N–H and O–H groups in total. The third-order valence-electron chi connectivity index (χ3n) is 2.65. The highest BCUT2D eigenvalue weighted by atomic mass is 19.3. The normalized spacial score (nSPS) is 11.5. The second-order valence-corrected chi connectivity index (χ2v) is 3.97. The highest BCUT2D eigenvalue weighted by Gasteiger charge is 2.42. The van der Waals surface area contributed by atoms with Crippen molar-refractivity contribution in [2.45, 2.75) is 39.0 Å². The molecule has 0 aliphatic heterocycles. The van der Waals surface area contributed by atoms with Gasteiger partial charge in [0.05, 0.1) is 5.69 Å². The van der Waals surface area contributed by atoms with Crippen LogP contribution in [0.1, 0.15) is 30.7 Å². The van der Waals surface area contributed by atoms with Crippen LogP contribution >= 0.6 is 0 Å². The Hall–Kier alpha value is -1.91. The molecule has 0 amide bonds. The predicted molar refractivity (Wildman–Crippen MR) is 61.9 cm³/mol. The fourth-order valence-corrected chi connectivity index (χ4v) is 1.60. The van der Waals surface area contributed by atoms with E-state index in [1.54, 1.807) is 19.9 Å². The minimum atomic E-state index is -4.30. The molecule has 1 aromatic rings. The summed E-state index contributed by atoms with van der Waals surface area (Å²) >= 11 is 0. The van der Waals surface area contributed by atoms with Crippen LogP contribution in [0.15, 0.2) is 0 Å². The molecule has 0 bridgehead atoms. The van der Waals surface area contributed by atoms with Crippen molar-refractivity contribution in [3.63, 3.8) is 0 Å². The van der Waals surface area contributed by atoms with Crippen molar-refractivity contribution in [3.05, 3.63) is 16.8 Å². The summed E-state index contributed by atoms with van der Waals surface area (Å²) in [6, 6.07) is 1.80. The lowest BCUT2D eigenvalue weighted by atomic mass is 10.0. The Morgan fingerprint density at radius 3 is 2.35 bits per heavy atom. The van der Waals surface area contributed by atoms with E-state index in [0.29, 0.717) is 24.1 Å². The van der Waals surface area contributed by atoms with Crippen molar-refractivity contribution < 1.29 is 22.3 Å². The van der Waals surface area contributed by atoms with E-state index >= 15 is 0 Å². The van der Waals surface area contributed by atoms with Gasteiger partial charge in [-0.1, -0.05) is 13.8 Å². The smallest absolute Gasteiger partial charge is 0.340 e. The maximum absolute atomic E-state index is 12.8. The van der Waals surface area contributed by atoms with E-state index in [9.17, 15) is 17.6 Å². The van der Waals surface area contributed by atoms with Crippen LogP contribution in [0.4, 0.5) is 17.6 Å². The zero-order valence-corrected chi connectivity index (χ0v) is 11.0. The van der Waals surface area contributed by atoms with E-state index in [0.717, 1.165) is 0 Å². The average Bonchev–Trinajstić information content (AvgIpc) is 2.43. The van der Waals surface area contributed by atoms with Gasteiger partial charge in [0.15, 0.2) is 6.61 Å². The number of aromatic nitrogens is 2. The zero-order chi connectivity index (χ0) is 15.3. The first-order valence-electron chi connectivity index (χ1n) is 5.94. The van der Waals surface area contributed by atoms with Crippen LogP contribution in [0, 0.1) is 11.3 Å². The quantitative estimate of drug-likeness (QED) is 0.756. The van der Waals surface area contributed by atoms with Crippen LogP contribution in [0.5, 0.6) is 5.88 Å². The molecule has 0 saturated heterocycles. The van der Waals surface area contributed by atoms with Crippen molar-refractivity contribution >= 4 is 0 Å². The van der Waals surface area contributed by atoms with Crippen molar-refractivity contribution in [2.75, 3.05) is 6.61 Å². The molecule has 0 radical (unpaired) electrons. The van der Waals surface area contributed by atoms with Crippen LogP contribution in [-0.4, -0.2) is 29.2 Å². The van der Waals surface area contributed by atoms with Crippen molar-refractivity contribution in [2.24, 2.45) is 0 Å². The summed E-state index contributed by atoms with van der Waals surface area (Å²) in [5, 5.41) is 16.3. The Kier molecular flexibility index (Phi) is 5.25. The zero-order valence-electron chi connectivity index (χ0n) is 11.0. The first-order valence-corrected chi connectivity index (χ1v) is 5.94. The number of hydrogen-bond donors (Lipinski definition) is 0. The average molecular weight is 291 g/mol. The standard InChI is InChI=1S/C12H13F4N3O/c1-3-7-8(5-17)10(19-18-9(7)4-2)20-6-12(15,16)11(13)14/h11H,3-4,6H2,1-2H3. The molecular formula is C12H13F4N3O. The number of hydrogen-bond acceptors (Lipinski definition) is 4. The number of ether oxygens (including phenoxy) is 1. The molecule has 110 valence electrons. The third kappa shape index (κ3) is 3.35. The molecule has 0 aromatic carbocycles. The largest absolute Gasteiger partial charge is 0.469 e. The third-order valence-corrected chi connectivity index (χ3v) is 2.65. The van der Waals surface area contributed by atoms with E-state index in [-0.39, 0.29) is 5.56 Å². The number of nitrogens with zero attached hydrogens (tertiary/aromatic N) is 3.